The predicted molar refractivity (Wildman–Crippen MR) is 54.8 cm³/mol. The lowest BCUT2D eigenvalue weighted by Crippen LogP contribution is -2.09. The van der Waals surface area contributed by atoms with Crippen LogP contribution in [0.25, 0.3) is 0 Å². The van der Waals surface area contributed by atoms with Gasteiger partial charge in [-0.1, -0.05) is 6.92 Å². The molecule has 1 N–H and O–H groups in total. The van der Waals surface area contributed by atoms with Gasteiger partial charge in [0.05, 0.1) is 0 Å². The third kappa shape index (κ3) is 2.57. The van der Waals surface area contributed by atoms with Crippen LogP contribution < -0.4 is 4.72 Å². The molecule has 5 nitrogen and oxygen atoms in total. The summed E-state index contributed by atoms with van der Waals surface area (Å²) in [6.07, 6.45) is 2.42. The average molecular weight is 212 g/mol. The highest BCUT2D eigenvalue weighted by atomic mass is 32.2. The molecule has 0 fully saturated rings. The first-order valence-electron chi connectivity index (χ1n) is 4.26. The van der Waals surface area contributed by atoms with Crippen LogP contribution in [-0.2, 0) is 18.0 Å². The molecular weight excluding hydrogens is 200 g/mol. The van der Waals surface area contributed by atoms with E-state index in [1.165, 1.54) is 4.68 Å². The van der Waals surface area contributed by atoms with E-state index in [0.29, 0.717) is 17.1 Å². The van der Waals surface area contributed by atoms with E-state index >= 15 is 0 Å². The zero-order valence-corrected chi connectivity index (χ0v) is 8.97. The molecule has 14 heavy (non-hydrogen) atoms. The maximum Gasteiger partial charge on any atom is 0.177 e. The highest BCUT2D eigenvalue weighted by Crippen LogP contribution is 2.11. The molecule has 0 aliphatic heterocycles. The largest absolute Gasteiger partial charge is 0.287 e. The third-order valence-corrected chi connectivity index (χ3v) is 2.75. The second-order valence-corrected chi connectivity index (χ2v) is 4.13. The monoisotopic (exact) mass is 212 g/mol. The van der Waals surface area contributed by atoms with Crippen molar-refractivity contribution in [2.75, 3.05) is 10.5 Å². The first kappa shape index (κ1) is 10.7. The van der Waals surface area contributed by atoms with Gasteiger partial charge in [0, 0.05) is 19.0 Å². The molecule has 1 unspecified atom stereocenters. The third-order valence-electron chi connectivity index (χ3n) is 1.55. The van der Waals surface area contributed by atoms with Crippen molar-refractivity contribution in [2.24, 2.45) is 7.05 Å². The van der Waals surface area contributed by atoms with Gasteiger partial charge >= 0.3 is 0 Å². The lowest BCUT2D eigenvalue weighted by Gasteiger charge is -2.00. The van der Waals surface area contributed by atoms with E-state index in [0.717, 1.165) is 6.42 Å². The molecule has 0 bridgehead atoms. The van der Waals surface area contributed by atoms with E-state index in [2.05, 4.69) is 9.82 Å². The highest BCUT2D eigenvalue weighted by Gasteiger charge is 2.08. The normalized spacial score (nSPS) is 12.1. The summed E-state index contributed by atoms with van der Waals surface area (Å²) in [5, 5.41) is 12.7. The topological polar surface area (TPSA) is 70.7 Å². The van der Waals surface area contributed by atoms with Gasteiger partial charge in [-0.25, -0.2) is 4.21 Å². The standard InChI is InChI=1S/C8H12N4OS/c1-3-4-14(13)11-8-7(5-9)6-12(2)10-8/h6H,3-4H2,1-2H3,(H,10,11). The van der Waals surface area contributed by atoms with E-state index in [1.807, 2.05) is 13.0 Å². The fraction of sp³-hybridized carbons (Fsp3) is 0.500. The van der Waals surface area contributed by atoms with Crippen LogP contribution in [0.1, 0.15) is 18.9 Å². The Labute approximate surface area is 85.3 Å². The van der Waals surface area contributed by atoms with Gasteiger partial charge in [-0.2, -0.15) is 10.4 Å². The predicted octanol–water partition coefficient (Wildman–Crippen LogP) is 0.777. The number of anilines is 1. The molecule has 1 rings (SSSR count). The number of hydrogen-bond acceptors (Lipinski definition) is 3. The zero-order chi connectivity index (χ0) is 10.6. The summed E-state index contributed by atoms with van der Waals surface area (Å²) in [5.74, 6) is 0.948. The Balaban J connectivity index is 2.76. The molecule has 0 aromatic carbocycles. The molecule has 1 aromatic heterocycles. The molecule has 0 saturated heterocycles. The molecule has 1 atom stereocenters. The van der Waals surface area contributed by atoms with E-state index in [1.54, 1.807) is 13.2 Å². The van der Waals surface area contributed by atoms with Gasteiger partial charge in [-0.15, -0.1) is 0 Å². The minimum Gasteiger partial charge on any atom is -0.287 e. The number of rotatable bonds is 4. The van der Waals surface area contributed by atoms with Crippen molar-refractivity contribution in [3.05, 3.63) is 11.8 Å². The molecule has 0 aliphatic carbocycles. The van der Waals surface area contributed by atoms with Crippen LogP contribution in [0.4, 0.5) is 5.82 Å². The molecule has 0 aliphatic rings. The van der Waals surface area contributed by atoms with Crippen LogP contribution in [0.2, 0.25) is 0 Å². The average Bonchev–Trinajstić information content (AvgIpc) is 2.46. The van der Waals surface area contributed by atoms with Gasteiger partial charge in [0.15, 0.2) is 5.82 Å². The van der Waals surface area contributed by atoms with E-state index in [9.17, 15) is 4.21 Å². The Kier molecular flexibility index (Phi) is 3.65. The van der Waals surface area contributed by atoms with E-state index in [-0.39, 0.29) is 0 Å². The number of nitrogens with one attached hydrogen (secondary N) is 1. The van der Waals surface area contributed by atoms with Crippen LogP contribution in [0.15, 0.2) is 6.20 Å². The SMILES string of the molecule is CCCS(=O)Nc1nn(C)cc1C#N. The number of nitriles is 1. The maximum atomic E-state index is 11.3. The van der Waals surface area contributed by atoms with Crippen molar-refractivity contribution in [2.45, 2.75) is 13.3 Å². The van der Waals surface area contributed by atoms with Crippen molar-refractivity contribution >= 4 is 16.8 Å². The summed E-state index contributed by atoms with van der Waals surface area (Å²) < 4.78 is 15.6. The van der Waals surface area contributed by atoms with Crippen LogP contribution in [0, 0.1) is 11.3 Å². The number of aromatic nitrogens is 2. The highest BCUT2D eigenvalue weighted by molar-refractivity contribution is 7.86. The van der Waals surface area contributed by atoms with E-state index in [4.69, 9.17) is 5.26 Å². The van der Waals surface area contributed by atoms with Gasteiger partial charge in [-0.05, 0) is 6.42 Å². The molecule has 76 valence electrons. The number of hydrogen-bond donors (Lipinski definition) is 1. The van der Waals surface area contributed by atoms with Crippen LogP contribution in [0.3, 0.4) is 0 Å². The second kappa shape index (κ2) is 4.77. The minimum atomic E-state index is -1.15. The van der Waals surface area contributed by atoms with Crippen molar-refractivity contribution in [3.63, 3.8) is 0 Å². The van der Waals surface area contributed by atoms with Crippen molar-refractivity contribution < 1.29 is 4.21 Å². The van der Waals surface area contributed by atoms with Crippen molar-refractivity contribution in [3.8, 4) is 6.07 Å². The molecule has 6 heteroatoms. The molecule has 0 spiro atoms. The Bertz CT molecular complexity index is 379. The Hall–Kier alpha value is -1.35. The molecular formula is C8H12N4OS. The Morgan fingerprint density at radius 3 is 3.07 bits per heavy atom. The van der Waals surface area contributed by atoms with Gasteiger partial charge in [0.2, 0.25) is 0 Å². The van der Waals surface area contributed by atoms with Gasteiger partial charge < -0.3 is 0 Å². The van der Waals surface area contributed by atoms with Crippen molar-refractivity contribution in [1.82, 2.24) is 9.78 Å². The first-order chi connectivity index (χ1) is 6.67. The molecule has 1 aromatic rings. The minimum absolute atomic E-state index is 0.391. The van der Waals surface area contributed by atoms with Crippen molar-refractivity contribution in [1.29, 1.82) is 5.26 Å². The molecule has 0 radical (unpaired) electrons. The van der Waals surface area contributed by atoms with Crippen LogP contribution >= 0.6 is 0 Å². The molecule has 0 saturated carbocycles. The number of aryl methyl sites for hydroxylation is 1. The molecule has 0 amide bonds. The lowest BCUT2D eigenvalue weighted by atomic mass is 10.4. The summed E-state index contributed by atoms with van der Waals surface area (Å²) >= 11 is 0. The maximum absolute atomic E-state index is 11.3. The quantitative estimate of drug-likeness (QED) is 0.801. The summed E-state index contributed by atoms with van der Waals surface area (Å²) in [4.78, 5) is 0. The van der Waals surface area contributed by atoms with Gasteiger partial charge in [0.1, 0.15) is 22.6 Å². The number of nitrogens with zero attached hydrogens (tertiary/aromatic N) is 3. The fourth-order valence-corrected chi connectivity index (χ4v) is 1.83. The summed E-state index contributed by atoms with van der Waals surface area (Å²) in [6, 6.07) is 1.98. The van der Waals surface area contributed by atoms with Crippen LogP contribution in [-0.4, -0.2) is 19.7 Å². The van der Waals surface area contributed by atoms with Gasteiger partial charge in [-0.3, -0.25) is 9.40 Å². The summed E-state index contributed by atoms with van der Waals surface area (Å²) in [7, 11) is 0.571. The summed E-state index contributed by atoms with van der Waals surface area (Å²) in [6.45, 7) is 1.95. The second-order valence-electron chi connectivity index (χ2n) is 2.83. The zero-order valence-electron chi connectivity index (χ0n) is 8.15. The smallest absolute Gasteiger partial charge is 0.177 e. The van der Waals surface area contributed by atoms with Gasteiger partial charge in [0.25, 0.3) is 0 Å². The fourth-order valence-electron chi connectivity index (χ4n) is 0.990. The molecule has 1 heterocycles. The van der Waals surface area contributed by atoms with E-state index < -0.39 is 11.0 Å². The Morgan fingerprint density at radius 1 is 1.79 bits per heavy atom. The first-order valence-corrected chi connectivity index (χ1v) is 5.58. The summed E-state index contributed by atoms with van der Waals surface area (Å²) in [5.41, 5.74) is 0.414. The Morgan fingerprint density at radius 2 is 2.50 bits per heavy atom. The lowest BCUT2D eigenvalue weighted by molar-refractivity contribution is 0.684. The van der Waals surface area contributed by atoms with Crippen LogP contribution in [0.5, 0.6) is 0 Å².